The van der Waals surface area contributed by atoms with Crippen LogP contribution in [0.1, 0.15) is 28.8 Å². The molecule has 0 radical (unpaired) electrons. The fraction of sp³-hybridized carbons (Fsp3) is 0.257. The van der Waals surface area contributed by atoms with Gasteiger partial charge in [-0.15, -0.1) is 10.2 Å². The monoisotopic (exact) mass is 633 g/mol. The number of amides is 1. The summed E-state index contributed by atoms with van der Waals surface area (Å²) in [6, 6.07) is 14.7. The summed E-state index contributed by atoms with van der Waals surface area (Å²) >= 11 is 0. The van der Waals surface area contributed by atoms with Crippen molar-refractivity contribution in [2.75, 3.05) is 38.5 Å². The number of nitrogens with one attached hydrogen (secondary N) is 1. The summed E-state index contributed by atoms with van der Waals surface area (Å²) in [6.07, 6.45) is 8.45. The van der Waals surface area contributed by atoms with E-state index in [-0.39, 0.29) is 16.8 Å². The molecule has 0 saturated carbocycles. The van der Waals surface area contributed by atoms with Crippen LogP contribution >= 0.6 is 0 Å². The second kappa shape index (κ2) is 13.8. The summed E-state index contributed by atoms with van der Waals surface area (Å²) in [5.41, 5.74) is 11.1. The summed E-state index contributed by atoms with van der Waals surface area (Å²) < 4.78 is 18.1. The maximum Gasteiger partial charge on any atom is 0.261 e. The largest absolute Gasteiger partial charge is 0.480 e. The zero-order valence-electron chi connectivity index (χ0n) is 26.4. The smallest absolute Gasteiger partial charge is 0.261 e. The molecule has 1 aromatic carbocycles. The molecule has 12 heteroatoms. The van der Waals surface area contributed by atoms with Gasteiger partial charge in [0.2, 0.25) is 17.2 Å². The third-order valence-electron chi connectivity index (χ3n) is 8.16. The van der Waals surface area contributed by atoms with Crippen molar-refractivity contribution in [1.82, 2.24) is 24.7 Å². The number of nitrogen functional groups attached to an aromatic ring is 1. The normalized spacial score (nSPS) is 13.3. The number of carbonyl (C=O) groups is 1. The molecular formula is C35H35N7O5. The molecule has 47 heavy (non-hydrogen) atoms. The highest BCUT2D eigenvalue weighted by atomic mass is 16.5. The van der Waals surface area contributed by atoms with Crippen LogP contribution in [0.25, 0.3) is 33.5 Å². The molecule has 0 bridgehead atoms. The number of aryl methyl sites for hydroxylation is 1. The Balaban J connectivity index is 1.28. The van der Waals surface area contributed by atoms with Crippen molar-refractivity contribution in [2.24, 2.45) is 5.92 Å². The highest BCUT2D eigenvalue weighted by Crippen LogP contribution is 2.34. The Labute approximate surface area is 271 Å². The number of nitrogens with zero attached hydrogens (tertiary/aromatic N) is 5. The number of rotatable bonds is 9. The van der Waals surface area contributed by atoms with E-state index in [9.17, 15) is 9.59 Å². The van der Waals surface area contributed by atoms with E-state index in [1.54, 1.807) is 30.6 Å². The van der Waals surface area contributed by atoms with Crippen molar-refractivity contribution in [2.45, 2.75) is 26.3 Å². The SMILES string of the molecule is COc1cc(-c2cnc(N)c(-c3ccc(NC(=O)c4cn(CC5CCOCC5)cc(-c5ccc(C)cc5)c4=O)cn3)c2)c(OC)nn1. The number of aromatic nitrogens is 5. The number of hydrogen-bond donors (Lipinski definition) is 2. The van der Waals surface area contributed by atoms with E-state index in [1.807, 2.05) is 48.0 Å². The number of pyridine rings is 3. The third kappa shape index (κ3) is 6.97. The van der Waals surface area contributed by atoms with Gasteiger partial charge in [0.1, 0.15) is 11.4 Å². The Morgan fingerprint density at radius 2 is 1.72 bits per heavy atom. The molecule has 6 rings (SSSR count). The van der Waals surface area contributed by atoms with Crippen LogP contribution in [0.4, 0.5) is 11.5 Å². The van der Waals surface area contributed by atoms with Gasteiger partial charge >= 0.3 is 0 Å². The first-order valence-electron chi connectivity index (χ1n) is 15.2. The molecule has 1 saturated heterocycles. The van der Waals surface area contributed by atoms with E-state index in [1.165, 1.54) is 20.4 Å². The van der Waals surface area contributed by atoms with Crippen molar-refractivity contribution in [1.29, 1.82) is 0 Å². The lowest BCUT2D eigenvalue weighted by Gasteiger charge is -2.23. The summed E-state index contributed by atoms with van der Waals surface area (Å²) in [6.45, 7) is 4.09. The first-order chi connectivity index (χ1) is 22.8. The second-order valence-electron chi connectivity index (χ2n) is 11.4. The topological polar surface area (TPSA) is 156 Å². The van der Waals surface area contributed by atoms with Gasteiger partial charge in [-0.05, 0) is 49.4 Å². The van der Waals surface area contributed by atoms with Crippen molar-refractivity contribution in [3.05, 3.63) is 94.7 Å². The first-order valence-corrected chi connectivity index (χ1v) is 15.2. The minimum atomic E-state index is -0.520. The molecule has 1 aliphatic heterocycles. The molecule has 5 aromatic rings. The Morgan fingerprint density at radius 1 is 0.936 bits per heavy atom. The molecule has 0 atom stereocenters. The van der Waals surface area contributed by atoms with Gasteiger partial charge in [-0.25, -0.2) is 4.98 Å². The molecule has 1 aliphatic rings. The average Bonchev–Trinajstić information content (AvgIpc) is 3.10. The van der Waals surface area contributed by atoms with E-state index in [0.29, 0.717) is 71.1 Å². The van der Waals surface area contributed by atoms with Gasteiger partial charge in [0, 0.05) is 61.1 Å². The first kappa shape index (κ1) is 31.4. The number of anilines is 2. The van der Waals surface area contributed by atoms with Crippen molar-refractivity contribution in [3.63, 3.8) is 0 Å². The van der Waals surface area contributed by atoms with Crippen LogP contribution in [0.5, 0.6) is 11.8 Å². The lowest BCUT2D eigenvalue weighted by Crippen LogP contribution is -2.26. The maximum absolute atomic E-state index is 13.7. The number of methoxy groups -OCH3 is 2. The van der Waals surface area contributed by atoms with E-state index in [0.717, 1.165) is 24.0 Å². The van der Waals surface area contributed by atoms with Crippen LogP contribution < -0.4 is 26.0 Å². The maximum atomic E-state index is 13.7. The number of nitrogens with two attached hydrogens (primary N) is 1. The summed E-state index contributed by atoms with van der Waals surface area (Å²) in [5, 5.41) is 10.9. The minimum Gasteiger partial charge on any atom is -0.480 e. The third-order valence-corrected chi connectivity index (χ3v) is 8.16. The van der Waals surface area contributed by atoms with Crippen molar-refractivity contribution >= 4 is 17.4 Å². The molecule has 0 aliphatic carbocycles. The van der Waals surface area contributed by atoms with Gasteiger partial charge in [0.25, 0.3) is 5.91 Å². The molecule has 5 heterocycles. The quantitative estimate of drug-likeness (QED) is 0.226. The molecule has 1 amide bonds. The van der Waals surface area contributed by atoms with Gasteiger partial charge in [0.05, 0.1) is 37.4 Å². The summed E-state index contributed by atoms with van der Waals surface area (Å²) in [5.74, 6) is 0.755. The van der Waals surface area contributed by atoms with Gasteiger partial charge in [-0.2, -0.15) is 0 Å². The zero-order chi connectivity index (χ0) is 32.9. The highest BCUT2D eigenvalue weighted by molar-refractivity contribution is 6.04. The van der Waals surface area contributed by atoms with Gasteiger partial charge in [-0.3, -0.25) is 14.6 Å². The molecule has 0 spiro atoms. The molecule has 4 aromatic heterocycles. The number of hydrogen-bond acceptors (Lipinski definition) is 10. The van der Waals surface area contributed by atoms with Crippen LogP contribution in [0.3, 0.4) is 0 Å². The van der Waals surface area contributed by atoms with E-state index < -0.39 is 5.91 Å². The van der Waals surface area contributed by atoms with Crippen LogP contribution in [0, 0.1) is 12.8 Å². The highest BCUT2D eigenvalue weighted by Gasteiger charge is 2.20. The number of benzene rings is 1. The lowest BCUT2D eigenvalue weighted by molar-refractivity contribution is 0.0612. The summed E-state index contributed by atoms with van der Waals surface area (Å²) in [4.78, 5) is 36.2. The van der Waals surface area contributed by atoms with Gasteiger partial charge in [-0.1, -0.05) is 29.8 Å². The molecule has 12 nitrogen and oxygen atoms in total. The molecular weight excluding hydrogens is 598 g/mol. The second-order valence-corrected chi connectivity index (χ2v) is 11.4. The van der Waals surface area contributed by atoms with Crippen molar-refractivity contribution < 1.29 is 19.0 Å². The number of carbonyl (C=O) groups excluding carboxylic acids is 1. The van der Waals surface area contributed by atoms with E-state index in [4.69, 9.17) is 19.9 Å². The Hall–Kier alpha value is -5.62. The van der Waals surface area contributed by atoms with Crippen molar-refractivity contribution in [3.8, 4) is 45.3 Å². The fourth-order valence-electron chi connectivity index (χ4n) is 5.54. The summed E-state index contributed by atoms with van der Waals surface area (Å²) in [7, 11) is 3.00. The van der Waals surface area contributed by atoms with Crippen LogP contribution in [0.2, 0.25) is 0 Å². The fourth-order valence-corrected chi connectivity index (χ4v) is 5.54. The predicted molar refractivity (Wildman–Crippen MR) is 178 cm³/mol. The van der Waals surface area contributed by atoms with Crippen LogP contribution in [-0.2, 0) is 11.3 Å². The van der Waals surface area contributed by atoms with Gasteiger partial charge < -0.3 is 29.8 Å². The zero-order valence-corrected chi connectivity index (χ0v) is 26.4. The average molecular weight is 634 g/mol. The lowest BCUT2D eigenvalue weighted by atomic mass is 9.99. The molecule has 3 N–H and O–H groups in total. The minimum absolute atomic E-state index is 0.0516. The molecule has 1 fully saturated rings. The van der Waals surface area contributed by atoms with Gasteiger partial charge in [0.15, 0.2) is 0 Å². The van der Waals surface area contributed by atoms with E-state index >= 15 is 0 Å². The molecule has 0 unspecified atom stereocenters. The Bertz CT molecular complexity index is 1950. The van der Waals surface area contributed by atoms with Crippen LogP contribution in [0.15, 0.2) is 78.1 Å². The van der Waals surface area contributed by atoms with Crippen LogP contribution in [-0.4, -0.2) is 58.1 Å². The van der Waals surface area contributed by atoms with E-state index in [2.05, 4.69) is 25.5 Å². The number of ether oxygens (including phenoxy) is 3. The Morgan fingerprint density at radius 3 is 2.43 bits per heavy atom. The standard InChI is InChI=1S/C35H35N7O5/c1-21-4-6-23(7-5-21)28-19-42(18-22-10-12-47-13-11-22)20-29(32(28)43)34(44)39-25-8-9-30(37-17-25)27-14-24(16-38-33(27)36)26-15-31(45-2)40-41-35(26)46-3/h4-9,14-17,19-20,22H,10-13,18H2,1-3H3,(H2,36,38)(H,39,44). The molecule has 240 valence electrons. The Kier molecular flexibility index (Phi) is 9.20. The predicted octanol–water partition coefficient (Wildman–Crippen LogP) is 5.02.